The number of hydrogen-bond donors (Lipinski definition) is 2. The largest absolute Gasteiger partial charge is 0.480 e. The number of carbonyl (C=O) groups excluding carboxylic acids is 2. The third-order valence-corrected chi connectivity index (χ3v) is 5.92. The molecule has 1 aliphatic rings. The second-order valence-corrected chi connectivity index (χ2v) is 9.03. The Balaban J connectivity index is 1.85. The summed E-state index contributed by atoms with van der Waals surface area (Å²) in [5.74, 6) is -1.83. The highest BCUT2D eigenvalue weighted by atomic mass is 32.1. The maximum Gasteiger partial charge on any atom is 0.326 e. The molecule has 0 aromatic heterocycles. The Labute approximate surface area is 193 Å². The van der Waals surface area contributed by atoms with Crippen molar-refractivity contribution < 1.29 is 19.5 Å². The number of carboxylic acid groups (broad SMARTS) is 1. The van der Waals surface area contributed by atoms with Crippen molar-refractivity contribution in [1.29, 1.82) is 0 Å². The highest BCUT2D eigenvalue weighted by Gasteiger charge is 2.37. The molecule has 7 heteroatoms. The second kappa shape index (κ2) is 10.5. The van der Waals surface area contributed by atoms with Crippen molar-refractivity contribution in [1.82, 2.24) is 10.2 Å². The number of thiocarbonyl (C=S) groups is 1. The molecule has 2 aromatic carbocycles. The minimum Gasteiger partial charge on any atom is -0.480 e. The van der Waals surface area contributed by atoms with Gasteiger partial charge in [0.25, 0.3) is 5.91 Å². The molecule has 2 N–H and O–H groups in total. The van der Waals surface area contributed by atoms with E-state index in [0.717, 1.165) is 16.7 Å². The average Bonchev–Trinajstić information content (AvgIpc) is 2.89. The van der Waals surface area contributed by atoms with E-state index in [4.69, 9.17) is 12.2 Å². The Morgan fingerprint density at radius 3 is 2.34 bits per heavy atom. The van der Waals surface area contributed by atoms with Crippen molar-refractivity contribution in [2.75, 3.05) is 0 Å². The number of hydrogen-bond acceptors (Lipinski definition) is 4. The van der Waals surface area contributed by atoms with Gasteiger partial charge >= 0.3 is 5.97 Å². The van der Waals surface area contributed by atoms with Crippen molar-refractivity contribution in [2.45, 2.75) is 51.7 Å². The van der Waals surface area contributed by atoms with Crippen molar-refractivity contribution in [3.63, 3.8) is 0 Å². The summed E-state index contributed by atoms with van der Waals surface area (Å²) in [6.07, 6.45) is 0.920. The summed E-state index contributed by atoms with van der Waals surface area (Å²) >= 11 is 5.33. The minimum atomic E-state index is -1.05. The molecular formula is C25H28N2O4S. The van der Waals surface area contributed by atoms with Crippen molar-refractivity contribution >= 4 is 34.9 Å². The normalized spacial score (nSPS) is 16.8. The predicted molar refractivity (Wildman–Crippen MR) is 126 cm³/mol. The van der Waals surface area contributed by atoms with Gasteiger partial charge in [0.05, 0.1) is 4.86 Å². The van der Waals surface area contributed by atoms with Gasteiger partial charge in [-0.2, -0.15) is 0 Å². The van der Waals surface area contributed by atoms with E-state index in [1.807, 2.05) is 68.4 Å². The lowest BCUT2D eigenvalue weighted by Gasteiger charge is -2.31. The molecule has 2 amide bonds. The fourth-order valence-electron chi connectivity index (χ4n) is 3.96. The second-order valence-electron chi connectivity index (χ2n) is 8.53. The predicted octanol–water partition coefficient (Wildman–Crippen LogP) is 3.17. The van der Waals surface area contributed by atoms with Gasteiger partial charge in [0, 0.05) is 19.4 Å². The Morgan fingerprint density at radius 1 is 1.09 bits per heavy atom. The summed E-state index contributed by atoms with van der Waals surface area (Å²) in [5.41, 5.74) is 2.71. The SMILES string of the molecule is CC(C)CC(C(=O)O)N1Cc2ccccc2CC(NC(=O)C(=S)Cc2ccccc2)C1=O. The molecule has 3 rings (SSSR count). The Morgan fingerprint density at radius 2 is 1.72 bits per heavy atom. The van der Waals surface area contributed by atoms with Gasteiger partial charge in [0.15, 0.2) is 0 Å². The van der Waals surface area contributed by atoms with Crippen LogP contribution < -0.4 is 5.32 Å². The lowest BCUT2D eigenvalue weighted by atomic mass is 10.0. The van der Waals surface area contributed by atoms with Crippen LogP contribution in [0.3, 0.4) is 0 Å². The molecule has 2 unspecified atom stereocenters. The molecule has 168 valence electrons. The van der Waals surface area contributed by atoms with Crippen LogP contribution in [0.1, 0.15) is 37.0 Å². The minimum absolute atomic E-state index is 0.0916. The van der Waals surface area contributed by atoms with Crippen molar-refractivity contribution in [2.24, 2.45) is 5.92 Å². The number of amides is 2. The number of rotatable bonds is 8. The first-order valence-corrected chi connectivity index (χ1v) is 11.1. The van der Waals surface area contributed by atoms with Gasteiger partial charge in [-0.05, 0) is 29.0 Å². The van der Waals surface area contributed by atoms with Gasteiger partial charge in [-0.1, -0.05) is 80.7 Å². The molecule has 0 bridgehead atoms. The summed E-state index contributed by atoms with van der Waals surface area (Å²) in [6.45, 7) is 4.04. The molecule has 0 saturated heterocycles. The number of benzene rings is 2. The zero-order valence-corrected chi connectivity index (χ0v) is 19.1. The fraction of sp³-hybridized carbons (Fsp3) is 0.360. The van der Waals surface area contributed by atoms with Crippen LogP contribution in [0.2, 0.25) is 0 Å². The van der Waals surface area contributed by atoms with Crippen LogP contribution in [-0.2, 0) is 33.8 Å². The third-order valence-electron chi connectivity index (χ3n) is 5.59. The van der Waals surface area contributed by atoms with Crippen LogP contribution in [0.15, 0.2) is 54.6 Å². The molecule has 0 saturated carbocycles. The van der Waals surface area contributed by atoms with E-state index in [1.165, 1.54) is 4.90 Å². The lowest BCUT2D eigenvalue weighted by molar-refractivity contribution is -0.152. The molecule has 32 heavy (non-hydrogen) atoms. The van der Waals surface area contributed by atoms with E-state index in [9.17, 15) is 19.5 Å². The monoisotopic (exact) mass is 452 g/mol. The van der Waals surface area contributed by atoms with E-state index in [-0.39, 0.29) is 17.3 Å². The highest BCUT2D eigenvalue weighted by Crippen LogP contribution is 2.24. The van der Waals surface area contributed by atoms with E-state index >= 15 is 0 Å². The lowest BCUT2D eigenvalue weighted by Crippen LogP contribution is -2.54. The van der Waals surface area contributed by atoms with Gasteiger partial charge in [-0.25, -0.2) is 4.79 Å². The molecular weight excluding hydrogens is 424 g/mol. The van der Waals surface area contributed by atoms with Crippen LogP contribution in [0, 0.1) is 5.92 Å². The summed E-state index contributed by atoms with van der Waals surface area (Å²) in [4.78, 5) is 39.9. The van der Waals surface area contributed by atoms with E-state index in [2.05, 4.69) is 5.32 Å². The quantitative estimate of drug-likeness (QED) is 0.601. The first kappa shape index (κ1) is 23.6. The number of nitrogens with zero attached hydrogens (tertiary/aromatic N) is 1. The molecule has 1 heterocycles. The Bertz CT molecular complexity index is 1010. The van der Waals surface area contributed by atoms with E-state index < -0.39 is 29.9 Å². The maximum atomic E-state index is 13.5. The highest BCUT2D eigenvalue weighted by molar-refractivity contribution is 7.82. The first-order valence-electron chi connectivity index (χ1n) is 10.7. The molecule has 0 spiro atoms. The van der Waals surface area contributed by atoms with E-state index in [1.54, 1.807) is 0 Å². The molecule has 0 radical (unpaired) electrons. The van der Waals surface area contributed by atoms with Crippen molar-refractivity contribution in [3.8, 4) is 0 Å². The third kappa shape index (κ3) is 5.79. The molecule has 1 aliphatic heterocycles. The molecule has 0 fully saturated rings. The maximum absolute atomic E-state index is 13.5. The Hall–Kier alpha value is -3.06. The van der Waals surface area contributed by atoms with Gasteiger partial charge < -0.3 is 15.3 Å². The van der Waals surface area contributed by atoms with E-state index in [0.29, 0.717) is 19.3 Å². The van der Waals surface area contributed by atoms with Gasteiger partial charge in [-0.15, -0.1) is 0 Å². The smallest absolute Gasteiger partial charge is 0.326 e. The molecule has 2 atom stereocenters. The summed E-state index contributed by atoms with van der Waals surface area (Å²) < 4.78 is 0. The zero-order valence-electron chi connectivity index (χ0n) is 18.3. The Kier molecular flexibility index (Phi) is 7.75. The van der Waals surface area contributed by atoms with Crippen LogP contribution in [-0.4, -0.2) is 44.7 Å². The van der Waals surface area contributed by atoms with Crippen LogP contribution in [0.5, 0.6) is 0 Å². The van der Waals surface area contributed by atoms with Gasteiger partial charge in [-0.3, -0.25) is 9.59 Å². The van der Waals surface area contributed by atoms with Gasteiger partial charge in [0.1, 0.15) is 12.1 Å². The standard InChI is InChI=1S/C25H28N2O4S/c1-16(2)12-21(25(30)31)27-15-19-11-7-6-10-18(19)14-20(24(27)29)26-23(28)22(32)13-17-8-4-3-5-9-17/h3-11,16,20-21H,12-15H2,1-2H3,(H,26,28)(H,30,31). The van der Waals surface area contributed by atoms with Gasteiger partial charge in [0.2, 0.25) is 5.91 Å². The summed E-state index contributed by atoms with van der Waals surface area (Å²) in [7, 11) is 0. The van der Waals surface area contributed by atoms with Crippen molar-refractivity contribution in [3.05, 3.63) is 71.3 Å². The van der Waals surface area contributed by atoms with Crippen LogP contribution >= 0.6 is 12.2 Å². The zero-order chi connectivity index (χ0) is 23.3. The summed E-state index contributed by atoms with van der Waals surface area (Å²) in [6, 6.07) is 15.1. The number of aliphatic carboxylic acids is 1. The number of fused-ring (bicyclic) bond motifs is 1. The van der Waals surface area contributed by atoms with Crippen LogP contribution in [0.25, 0.3) is 0 Å². The summed E-state index contributed by atoms with van der Waals surface area (Å²) in [5, 5.41) is 12.6. The fourth-order valence-corrected chi connectivity index (χ4v) is 4.19. The number of carbonyl (C=O) groups is 3. The molecule has 0 aliphatic carbocycles. The molecule has 2 aromatic rings. The average molecular weight is 453 g/mol. The first-order chi connectivity index (χ1) is 15.3. The number of nitrogens with one attached hydrogen (secondary N) is 1. The van der Waals surface area contributed by atoms with Crippen LogP contribution in [0.4, 0.5) is 0 Å². The number of carboxylic acids is 1. The topological polar surface area (TPSA) is 86.7 Å². The molecule has 6 nitrogen and oxygen atoms in total.